The first-order valence-electron chi connectivity index (χ1n) is 19.4. The predicted molar refractivity (Wildman–Crippen MR) is 228 cm³/mol. The second-order valence-electron chi connectivity index (χ2n) is 15.3. The highest BCUT2D eigenvalue weighted by Gasteiger charge is 2.39. The summed E-state index contributed by atoms with van der Waals surface area (Å²) in [6, 6.07) is 41.8. The highest BCUT2D eigenvalue weighted by molar-refractivity contribution is 6.09. The van der Waals surface area contributed by atoms with Crippen LogP contribution in [0.4, 0.5) is 11.4 Å². The van der Waals surface area contributed by atoms with E-state index >= 15 is 0 Å². The van der Waals surface area contributed by atoms with Crippen LogP contribution in [-0.4, -0.2) is 32.5 Å². The van der Waals surface area contributed by atoms with Crippen LogP contribution in [0.5, 0.6) is 0 Å². The molecule has 3 aromatic heterocycles. The molecule has 6 aromatic carbocycles. The lowest BCUT2D eigenvalue weighted by molar-refractivity contribution is -0.130. The van der Waals surface area contributed by atoms with E-state index in [-0.39, 0.29) is 24.0 Å². The van der Waals surface area contributed by atoms with E-state index in [0.717, 1.165) is 70.6 Å². The van der Waals surface area contributed by atoms with E-state index in [4.69, 9.17) is 0 Å². The number of rotatable bonds is 7. The number of nitrogens with zero attached hydrogens (tertiary/aromatic N) is 3. The van der Waals surface area contributed by atoms with Crippen molar-refractivity contribution in [3.05, 3.63) is 152 Å². The molecule has 0 saturated heterocycles. The minimum absolute atomic E-state index is 0.0266. The number of anilines is 2. The van der Waals surface area contributed by atoms with E-state index in [2.05, 4.69) is 37.7 Å². The Labute approximate surface area is 328 Å². The average Bonchev–Trinajstić information content (AvgIpc) is 3.25. The number of fused-ring (bicyclic) bond motifs is 9. The third-order valence-electron chi connectivity index (χ3n) is 11.6. The Morgan fingerprint density at radius 2 is 0.860 bits per heavy atom. The van der Waals surface area contributed by atoms with Crippen LogP contribution in [0.3, 0.4) is 0 Å². The van der Waals surface area contributed by atoms with Gasteiger partial charge in [-0.1, -0.05) is 84.9 Å². The molecule has 1 fully saturated rings. The predicted octanol–water partition coefficient (Wildman–Crippen LogP) is 10.2. The summed E-state index contributed by atoms with van der Waals surface area (Å²) in [5.74, 6) is -1.92. The minimum Gasteiger partial charge on any atom is -0.326 e. The molecule has 1 saturated carbocycles. The smallest absolute Gasteiger partial charge is 0.227 e. The topological polar surface area (TPSA) is 114 Å². The molecular weight excluding hydrogens is 707 g/mol. The van der Waals surface area contributed by atoms with Gasteiger partial charge in [0.2, 0.25) is 11.8 Å². The molecule has 1 aliphatic rings. The summed E-state index contributed by atoms with van der Waals surface area (Å²) < 4.78 is 0. The van der Waals surface area contributed by atoms with Gasteiger partial charge in [0.05, 0.1) is 16.6 Å². The van der Waals surface area contributed by atoms with E-state index in [9.17, 15) is 14.4 Å². The summed E-state index contributed by atoms with van der Waals surface area (Å²) in [5, 5.41) is 15.4. The lowest BCUT2D eigenvalue weighted by atomic mass is 9.72. The summed E-state index contributed by atoms with van der Waals surface area (Å²) in [5.41, 5.74) is 4.95. The van der Waals surface area contributed by atoms with Crippen molar-refractivity contribution in [1.29, 1.82) is 0 Å². The van der Waals surface area contributed by atoms with Gasteiger partial charge < -0.3 is 10.6 Å². The number of carbonyl (C=O) groups is 3. The Hall–Kier alpha value is -7.06. The van der Waals surface area contributed by atoms with Gasteiger partial charge in [-0.3, -0.25) is 29.3 Å². The fraction of sp³-hybridized carbons (Fsp3) is 0.143. The van der Waals surface area contributed by atoms with Crippen molar-refractivity contribution in [2.75, 3.05) is 10.6 Å². The van der Waals surface area contributed by atoms with Crippen LogP contribution in [0, 0.1) is 17.8 Å². The van der Waals surface area contributed by atoms with Crippen molar-refractivity contribution < 1.29 is 14.4 Å². The molecule has 2 atom stereocenters. The molecule has 8 heteroatoms. The van der Waals surface area contributed by atoms with E-state index in [1.807, 2.05) is 115 Å². The molecule has 10 rings (SSSR count). The molecule has 3 heterocycles. The van der Waals surface area contributed by atoms with Gasteiger partial charge in [-0.25, -0.2) is 0 Å². The number of pyridine rings is 3. The maximum Gasteiger partial charge on any atom is 0.227 e. The van der Waals surface area contributed by atoms with Crippen LogP contribution in [-0.2, 0) is 20.8 Å². The van der Waals surface area contributed by atoms with Crippen LogP contribution >= 0.6 is 0 Å². The van der Waals surface area contributed by atoms with E-state index in [1.54, 1.807) is 18.6 Å². The Bertz CT molecular complexity index is 2750. The molecule has 0 bridgehead atoms. The molecule has 0 aliphatic heterocycles. The number of hydrogen-bond donors (Lipinski definition) is 2. The number of ketones is 1. The largest absolute Gasteiger partial charge is 0.326 e. The molecule has 2 unspecified atom stereocenters. The van der Waals surface area contributed by atoms with Crippen LogP contribution in [0.15, 0.2) is 146 Å². The third-order valence-corrected chi connectivity index (χ3v) is 11.6. The van der Waals surface area contributed by atoms with Gasteiger partial charge in [-0.15, -0.1) is 0 Å². The SMILES string of the molecule is O=C(Cc1ccc2c(ccc3cccnc32)c1)C1CC(C(=O)Nc2ccc3c(ccc4cccnc43)c2)CC(C(=O)Nc2ccc3c(ccc4cccnc43)c2)C1. The van der Waals surface area contributed by atoms with Crippen molar-refractivity contribution in [2.45, 2.75) is 25.7 Å². The molecule has 9 aromatic rings. The first-order chi connectivity index (χ1) is 27.9. The summed E-state index contributed by atoms with van der Waals surface area (Å²) >= 11 is 0. The summed E-state index contributed by atoms with van der Waals surface area (Å²) in [7, 11) is 0. The lowest BCUT2D eigenvalue weighted by Crippen LogP contribution is -2.39. The zero-order chi connectivity index (χ0) is 38.5. The summed E-state index contributed by atoms with van der Waals surface area (Å²) in [6.45, 7) is 0. The second kappa shape index (κ2) is 14.2. The number of amides is 2. The van der Waals surface area contributed by atoms with Crippen LogP contribution < -0.4 is 10.6 Å². The normalized spacial score (nSPS) is 17.0. The van der Waals surface area contributed by atoms with Crippen molar-refractivity contribution in [1.82, 2.24) is 15.0 Å². The van der Waals surface area contributed by atoms with E-state index in [1.165, 1.54) is 0 Å². The first kappa shape index (κ1) is 34.4. The van der Waals surface area contributed by atoms with Crippen molar-refractivity contribution in [3.8, 4) is 0 Å². The molecule has 276 valence electrons. The standard InChI is InChI=1S/C49H37N5O3/c55-44(23-29-7-16-41-33(22-29)11-8-30-4-1-19-50-45(30)41)36-24-37(48(56)53-39-14-17-42-34(27-39)12-9-31-5-2-20-51-46(31)42)26-38(25-36)49(57)54-40-15-18-43-35(28-40)13-10-32-6-3-21-52-47(32)43/h1-22,27-28,36-38H,23-26H2,(H,53,56)(H,54,57). The van der Waals surface area contributed by atoms with Crippen molar-refractivity contribution in [2.24, 2.45) is 17.8 Å². The van der Waals surface area contributed by atoms with Crippen molar-refractivity contribution >= 4 is 94.0 Å². The van der Waals surface area contributed by atoms with Gasteiger partial charge in [-0.05, 0) is 83.4 Å². The van der Waals surface area contributed by atoms with Gasteiger partial charge in [0.1, 0.15) is 5.78 Å². The Balaban J connectivity index is 0.917. The first-order valence-corrected chi connectivity index (χ1v) is 19.4. The Morgan fingerprint density at radius 1 is 0.456 bits per heavy atom. The number of carbonyl (C=O) groups excluding carboxylic acids is 3. The molecule has 0 spiro atoms. The molecule has 1 aliphatic carbocycles. The highest BCUT2D eigenvalue weighted by Crippen LogP contribution is 2.37. The molecule has 57 heavy (non-hydrogen) atoms. The third kappa shape index (κ3) is 6.59. The average molecular weight is 744 g/mol. The van der Waals surface area contributed by atoms with Crippen molar-refractivity contribution in [3.63, 3.8) is 0 Å². The number of nitrogens with one attached hydrogen (secondary N) is 2. The van der Waals surface area contributed by atoms with Crippen LogP contribution in [0.1, 0.15) is 24.8 Å². The minimum atomic E-state index is -0.541. The van der Waals surface area contributed by atoms with E-state index in [0.29, 0.717) is 30.6 Å². The van der Waals surface area contributed by atoms with Crippen LogP contribution in [0.25, 0.3) is 65.0 Å². The number of Topliss-reactive ketones (excluding diaryl/α,β-unsaturated/α-hetero) is 1. The zero-order valence-corrected chi connectivity index (χ0v) is 31.0. The number of hydrogen-bond acceptors (Lipinski definition) is 6. The zero-order valence-electron chi connectivity index (χ0n) is 31.0. The maximum atomic E-state index is 14.2. The van der Waals surface area contributed by atoms with Gasteiger partial charge in [0.25, 0.3) is 0 Å². The summed E-state index contributed by atoms with van der Waals surface area (Å²) in [4.78, 5) is 56.1. The quantitative estimate of drug-likeness (QED) is 0.157. The number of aromatic nitrogens is 3. The highest BCUT2D eigenvalue weighted by atomic mass is 16.2. The Kier molecular flexibility index (Phi) is 8.59. The summed E-state index contributed by atoms with van der Waals surface area (Å²) in [6.07, 6.45) is 6.64. The monoisotopic (exact) mass is 743 g/mol. The lowest BCUT2D eigenvalue weighted by Gasteiger charge is -2.33. The second-order valence-corrected chi connectivity index (χ2v) is 15.3. The molecule has 2 N–H and O–H groups in total. The van der Waals surface area contributed by atoms with E-state index < -0.39 is 17.8 Å². The van der Waals surface area contributed by atoms with Gasteiger partial charge in [-0.2, -0.15) is 0 Å². The van der Waals surface area contributed by atoms with Gasteiger partial charge >= 0.3 is 0 Å². The molecule has 2 amide bonds. The number of benzene rings is 6. The van der Waals surface area contributed by atoms with Gasteiger partial charge in [0, 0.05) is 86.5 Å². The molecule has 8 nitrogen and oxygen atoms in total. The fourth-order valence-electron chi connectivity index (χ4n) is 8.78. The Morgan fingerprint density at radius 3 is 1.33 bits per heavy atom. The fourth-order valence-corrected chi connectivity index (χ4v) is 8.78. The molecule has 0 radical (unpaired) electrons. The van der Waals surface area contributed by atoms with Gasteiger partial charge in [0.15, 0.2) is 0 Å². The van der Waals surface area contributed by atoms with Crippen LogP contribution in [0.2, 0.25) is 0 Å². The maximum absolute atomic E-state index is 14.2. The molecular formula is C49H37N5O3.